The van der Waals surface area contributed by atoms with Crippen molar-refractivity contribution in [2.24, 2.45) is 0 Å². The minimum atomic E-state index is 0.312. The van der Waals surface area contributed by atoms with Crippen LogP contribution >= 0.6 is 0 Å². The summed E-state index contributed by atoms with van der Waals surface area (Å²) >= 11 is 0. The lowest BCUT2D eigenvalue weighted by molar-refractivity contribution is 0.434. The standard InChI is InChI=1S/C13H12O/c1-10-6-5-9-12(14)13(10)11-7-3-2-4-8-11/h2-5,7-9,14H,1,6H2. The highest BCUT2D eigenvalue weighted by atomic mass is 16.3. The van der Waals surface area contributed by atoms with E-state index < -0.39 is 0 Å². The van der Waals surface area contributed by atoms with Crippen molar-refractivity contribution < 1.29 is 5.11 Å². The SMILES string of the molecule is C=C1CC=CC(O)=C1c1ccccc1. The van der Waals surface area contributed by atoms with Crippen LogP contribution in [0.4, 0.5) is 0 Å². The molecule has 0 atom stereocenters. The van der Waals surface area contributed by atoms with Gasteiger partial charge in [-0.25, -0.2) is 0 Å². The van der Waals surface area contributed by atoms with Crippen LogP contribution in [0.2, 0.25) is 0 Å². The zero-order valence-electron chi connectivity index (χ0n) is 7.90. The molecule has 1 aromatic carbocycles. The molecule has 0 saturated carbocycles. The highest BCUT2D eigenvalue weighted by Crippen LogP contribution is 2.30. The molecule has 1 aliphatic carbocycles. The van der Waals surface area contributed by atoms with Gasteiger partial charge in [-0.1, -0.05) is 43.0 Å². The zero-order valence-corrected chi connectivity index (χ0v) is 7.90. The molecule has 0 unspecified atom stereocenters. The van der Waals surface area contributed by atoms with E-state index in [1.807, 2.05) is 36.4 Å². The normalized spacial score (nSPS) is 16.1. The Balaban J connectivity index is 2.52. The van der Waals surface area contributed by atoms with Gasteiger partial charge in [-0.2, -0.15) is 0 Å². The Morgan fingerprint density at radius 1 is 1.14 bits per heavy atom. The van der Waals surface area contributed by atoms with Crippen molar-refractivity contribution in [2.45, 2.75) is 6.42 Å². The molecule has 0 spiro atoms. The van der Waals surface area contributed by atoms with Gasteiger partial charge in [-0.05, 0) is 23.6 Å². The minimum absolute atomic E-state index is 0.312. The molecule has 0 bridgehead atoms. The number of rotatable bonds is 1. The summed E-state index contributed by atoms with van der Waals surface area (Å²) in [5, 5.41) is 9.72. The van der Waals surface area contributed by atoms with E-state index in [0.29, 0.717) is 5.76 Å². The minimum Gasteiger partial charge on any atom is -0.507 e. The predicted octanol–water partition coefficient (Wildman–Crippen LogP) is 3.47. The highest BCUT2D eigenvalue weighted by Gasteiger charge is 2.12. The molecule has 1 aromatic rings. The Bertz CT molecular complexity index is 410. The summed E-state index contributed by atoms with van der Waals surface area (Å²) in [6.07, 6.45) is 4.47. The van der Waals surface area contributed by atoms with Gasteiger partial charge in [-0.15, -0.1) is 0 Å². The first-order valence-electron chi connectivity index (χ1n) is 4.62. The van der Waals surface area contributed by atoms with Gasteiger partial charge in [0.1, 0.15) is 5.76 Å². The van der Waals surface area contributed by atoms with Crippen LogP contribution < -0.4 is 0 Å². The molecule has 0 fully saturated rings. The Kier molecular flexibility index (Phi) is 2.23. The maximum absolute atomic E-state index is 9.72. The molecule has 0 saturated heterocycles. The van der Waals surface area contributed by atoms with E-state index in [2.05, 4.69) is 6.58 Å². The van der Waals surface area contributed by atoms with Gasteiger partial charge in [-0.3, -0.25) is 0 Å². The van der Waals surface area contributed by atoms with Crippen LogP contribution in [-0.4, -0.2) is 5.11 Å². The molecule has 0 heterocycles. The molecule has 1 aliphatic rings. The first kappa shape index (κ1) is 8.82. The lowest BCUT2D eigenvalue weighted by Crippen LogP contribution is -1.96. The predicted molar refractivity (Wildman–Crippen MR) is 58.9 cm³/mol. The van der Waals surface area contributed by atoms with E-state index in [4.69, 9.17) is 0 Å². The summed E-state index contributed by atoms with van der Waals surface area (Å²) in [5.41, 5.74) is 2.86. The van der Waals surface area contributed by atoms with Crippen LogP contribution in [0.5, 0.6) is 0 Å². The summed E-state index contributed by atoms with van der Waals surface area (Å²) < 4.78 is 0. The van der Waals surface area contributed by atoms with Gasteiger partial charge in [0.2, 0.25) is 0 Å². The number of benzene rings is 1. The van der Waals surface area contributed by atoms with Crippen molar-refractivity contribution >= 4 is 5.57 Å². The lowest BCUT2D eigenvalue weighted by Gasteiger charge is -2.14. The third-order valence-electron chi connectivity index (χ3n) is 2.31. The Labute approximate surface area is 83.7 Å². The molecule has 70 valence electrons. The van der Waals surface area contributed by atoms with Crippen molar-refractivity contribution in [1.82, 2.24) is 0 Å². The molecule has 1 N–H and O–H groups in total. The highest BCUT2D eigenvalue weighted by molar-refractivity contribution is 5.82. The van der Waals surface area contributed by atoms with E-state index in [1.54, 1.807) is 6.08 Å². The van der Waals surface area contributed by atoms with Gasteiger partial charge in [0.25, 0.3) is 0 Å². The van der Waals surface area contributed by atoms with Gasteiger partial charge in [0.15, 0.2) is 0 Å². The van der Waals surface area contributed by atoms with Crippen molar-refractivity contribution in [3.63, 3.8) is 0 Å². The molecule has 0 radical (unpaired) electrons. The molecule has 1 nitrogen and oxygen atoms in total. The monoisotopic (exact) mass is 184 g/mol. The largest absolute Gasteiger partial charge is 0.507 e. The van der Waals surface area contributed by atoms with Crippen LogP contribution in [0.25, 0.3) is 5.57 Å². The van der Waals surface area contributed by atoms with E-state index in [1.165, 1.54) is 0 Å². The second-order valence-corrected chi connectivity index (χ2v) is 3.34. The fourth-order valence-electron chi connectivity index (χ4n) is 1.64. The molecule has 2 rings (SSSR count). The van der Waals surface area contributed by atoms with Crippen molar-refractivity contribution in [1.29, 1.82) is 0 Å². The fraction of sp³-hybridized carbons (Fsp3) is 0.0769. The molecule has 1 heteroatoms. The van der Waals surface area contributed by atoms with Crippen LogP contribution in [0.3, 0.4) is 0 Å². The summed E-state index contributed by atoms with van der Waals surface area (Å²) in [6.45, 7) is 3.95. The lowest BCUT2D eigenvalue weighted by atomic mass is 9.92. The van der Waals surface area contributed by atoms with Crippen molar-refractivity contribution in [3.05, 3.63) is 66.0 Å². The Hall–Kier alpha value is -1.76. The number of hydrogen-bond donors (Lipinski definition) is 1. The van der Waals surface area contributed by atoms with Gasteiger partial charge < -0.3 is 5.11 Å². The van der Waals surface area contributed by atoms with Crippen LogP contribution in [0, 0.1) is 0 Å². The maximum Gasteiger partial charge on any atom is 0.123 e. The average Bonchev–Trinajstić information content (AvgIpc) is 2.19. The molecule has 0 aliphatic heterocycles. The molecule has 0 amide bonds. The van der Waals surface area contributed by atoms with E-state index >= 15 is 0 Å². The van der Waals surface area contributed by atoms with E-state index in [-0.39, 0.29) is 0 Å². The Morgan fingerprint density at radius 2 is 1.86 bits per heavy atom. The smallest absolute Gasteiger partial charge is 0.123 e. The molecule has 0 aromatic heterocycles. The molecular formula is C13H12O. The maximum atomic E-state index is 9.72. The van der Waals surface area contributed by atoms with Crippen LogP contribution in [0.15, 0.2) is 60.4 Å². The number of aliphatic hydroxyl groups is 1. The molecular weight excluding hydrogens is 172 g/mol. The van der Waals surface area contributed by atoms with Gasteiger partial charge >= 0.3 is 0 Å². The van der Waals surface area contributed by atoms with Gasteiger partial charge in [0, 0.05) is 5.57 Å². The summed E-state index contributed by atoms with van der Waals surface area (Å²) in [5.74, 6) is 0.312. The van der Waals surface area contributed by atoms with Crippen molar-refractivity contribution in [2.75, 3.05) is 0 Å². The van der Waals surface area contributed by atoms with Crippen LogP contribution in [0.1, 0.15) is 12.0 Å². The quantitative estimate of drug-likeness (QED) is 0.708. The van der Waals surface area contributed by atoms with Crippen molar-refractivity contribution in [3.8, 4) is 0 Å². The number of allylic oxidation sites excluding steroid dienone is 4. The second kappa shape index (κ2) is 3.54. The zero-order chi connectivity index (χ0) is 9.97. The van der Waals surface area contributed by atoms with E-state index in [0.717, 1.165) is 23.1 Å². The third-order valence-corrected chi connectivity index (χ3v) is 2.31. The van der Waals surface area contributed by atoms with Gasteiger partial charge in [0.05, 0.1) is 0 Å². The van der Waals surface area contributed by atoms with E-state index in [9.17, 15) is 5.11 Å². The second-order valence-electron chi connectivity index (χ2n) is 3.34. The summed E-state index contributed by atoms with van der Waals surface area (Å²) in [4.78, 5) is 0. The Morgan fingerprint density at radius 3 is 2.50 bits per heavy atom. The number of aliphatic hydroxyl groups excluding tert-OH is 1. The average molecular weight is 184 g/mol. The number of hydrogen-bond acceptors (Lipinski definition) is 1. The third kappa shape index (κ3) is 1.49. The molecule has 14 heavy (non-hydrogen) atoms. The fourth-order valence-corrected chi connectivity index (χ4v) is 1.64. The summed E-state index contributed by atoms with van der Waals surface area (Å²) in [7, 11) is 0. The van der Waals surface area contributed by atoms with Crippen LogP contribution in [-0.2, 0) is 0 Å². The first-order chi connectivity index (χ1) is 6.79. The first-order valence-corrected chi connectivity index (χ1v) is 4.62. The topological polar surface area (TPSA) is 20.2 Å². The summed E-state index contributed by atoms with van der Waals surface area (Å²) in [6, 6.07) is 9.84.